The lowest BCUT2D eigenvalue weighted by atomic mass is 9.91. The van der Waals surface area contributed by atoms with Crippen LogP contribution < -0.4 is 5.11 Å². The Morgan fingerprint density at radius 3 is 2.45 bits per heavy atom. The Morgan fingerprint density at radius 1 is 1.30 bits per heavy atom. The summed E-state index contributed by atoms with van der Waals surface area (Å²) >= 11 is 0. The quantitative estimate of drug-likeness (QED) is 0.667. The highest BCUT2D eigenvalue weighted by Crippen LogP contribution is 2.38. The Balaban J connectivity index is 3.04. The molecule has 0 spiro atoms. The van der Waals surface area contributed by atoms with E-state index in [-0.39, 0.29) is 11.1 Å². The number of aromatic carboxylic acids is 1. The van der Waals surface area contributed by atoms with Crippen molar-refractivity contribution in [2.45, 2.75) is 46.0 Å². The lowest BCUT2D eigenvalue weighted by Gasteiger charge is -2.21. The van der Waals surface area contributed by atoms with Crippen LogP contribution in [-0.4, -0.2) is 21.3 Å². The molecule has 5 nitrogen and oxygen atoms in total. The van der Waals surface area contributed by atoms with Gasteiger partial charge in [0.1, 0.15) is 5.75 Å². The number of carboxylic acids is 1. The summed E-state index contributed by atoms with van der Waals surface area (Å²) in [6, 6.07) is 0.940. The summed E-state index contributed by atoms with van der Waals surface area (Å²) < 4.78 is 0. The van der Waals surface area contributed by atoms with Gasteiger partial charge < -0.3 is 20.4 Å². The minimum absolute atomic E-state index is 0.0716. The number of carboxylic acid groups (broad SMARTS) is 1. The summed E-state index contributed by atoms with van der Waals surface area (Å²) in [5.74, 6) is -3.08. The van der Waals surface area contributed by atoms with Gasteiger partial charge in [0.15, 0.2) is 5.75 Å². The zero-order chi connectivity index (χ0) is 15.3. The molecule has 1 rings (SSSR count). The molecule has 0 radical (unpaired) electrons. The fourth-order valence-electron chi connectivity index (χ4n) is 2.42. The first-order valence-electron chi connectivity index (χ1n) is 6.90. The lowest BCUT2D eigenvalue weighted by Crippen LogP contribution is -2.09. The maximum absolute atomic E-state index is 11.9. The Labute approximate surface area is 118 Å². The zero-order valence-electron chi connectivity index (χ0n) is 11.8. The van der Waals surface area contributed by atoms with Crippen molar-refractivity contribution in [3.63, 3.8) is 0 Å². The van der Waals surface area contributed by atoms with Crippen molar-refractivity contribution in [3.8, 4) is 17.2 Å². The molecule has 0 fully saturated rings. The maximum Gasteiger partial charge on any atom is 0.336 e. The minimum Gasteiger partial charge on any atom is -0.870 e. The first-order valence-corrected chi connectivity index (χ1v) is 6.90. The SMILES string of the molecule is CCCC(CC)CCc1c(C(=O)O)cc(O)c(O)c1[O-]. The molecule has 0 amide bonds. The molecule has 0 aromatic heterocycles. The number of carbonyl (C=O) groups is 1. The number of aromatic hydroxyl groups is 2. The number of phenols is 2. The average molecular weight is 281 g/mol. The average Bonchev–Trinajstić information content (AvgIpc) is 2.41. The molecule has 0 aliphatic rings. The third kappa shape index (κ3) is 3.56. The van der Waals surface area contributed by atoms with E-state index in [1.54, 1.807) is 0 Å². The van der Waals surface area contributed by atoms with Crippen LogP contribution in [0.3, 0.4) is 0 Å². The van der Waals surface area contributed by atoms with Gasteiger partial charge in [0.2, 0.25) is 0 Å². The van der Waals surface area contributed by atoms with Gasteiger partial charge >= 0.3 is 5.97 Å². The van der Waals surface area contributed by atoms with E-state index >= 15 is 0 Å². The van der Waals surface area contributed by atoms with Gasteiger partial charge in [-0.05, 0) is 30.4 Å². The molecule has 0 bridgehead atoms. The molecule has 3 N–H and O–H groups in total. The fraction of sp³-hybridized carbons (Fsp3) is 0.533. The molecule has 1 atom stereocenters. The maximum atomic E-state index is 11.9. The van der Waals surface area contributed by atoms with Crippen molar-refractivity contribution in [2.75, 3.05) is 0 Å². The molecule has 5 heteroatoms. The van der Waals surface area contributed by atoms with Crippen LogP contribution in [0.2, 0.25) is 0 Å². The molecule has 0 saturated heterocycles. The molecule has 1 unspecified atom stereocenters. The number of hydrogen-bond donors (Lipinski definition) is 3. The Morgan fingerprint density at radius 2 is 1.95 bits per heavy atom. The molecule has 1 aromatic carbocycles. The number of benzene rings is 1. The van der Waals surface area contributed by atoms with Crippen LogP contribution in [0.15, 0.2) is 6.07 Å². The predicted molar refractivity (Wildman–Crippen MR) is 73.2 cm³/mol. The van der Waals surface area contributed by atoms with Crippen molar-refractivity contribution in [1.82, 2.24) is 0 Å². The van der Waals surface area contributed by atoms with Crippen LogP contribution in [-0.2, 0) is 6.42 Å². The van der Waals surface area contributed by atoms with E-state index in [1.807, 2.05) is 0 Å². The first kappa shape index (κ1) is 16.1. The number of hydrogen-bond acceptors (Lipinski definition) is 4. The van der Waals surface area contributed by atoms with Gasteiger partial charge in [-0.2, -0.15) is 0 Å². The van der Waals surface area contributed by atoms with Crippen LogP contribution in [0.1, 0.15) is 55.5 Å². The van der Waals surface area contributed by atoms with Gasteiger partial charge in [-0.1, -0.05) is 38.9 Å². The van der Waals surface area contributed by atoms with Crippen LogP contribution >= 0.6 is 0 Å². The van der Waals surface area contributed by atoms with E-state index in [9.17, 15) is 20.1 Å². The summed E-state index contributed by atoms with van der Waals surface area (Å²) in [5, 5.41) is 39.8. The minimum atomic E-state index is -1.27. The molecule has 20 heavy (non-hydrogen) atoms. The van der Waals surface area contributed by atoms with Gasteiger partial charge in [-0.25, -0.2) is 4.79 Å². The summed E-state index contributed by atoms with van der Waals surface area (Å²) in [6.45, 7) is 4.14. The Bertz CT molecular complexity index is 482. The van der Waals surface area contributed by atoms with Crippen molar-refractivity contribution < 1.29 is 25.2 Å². The van der Waals surface area contributed by atoms with Crippen LogP contribution in [0, 0.1) is 5.92 Å². The van der Waals surface area contributed by atoms with Gasteiger partial charge in [0, 0.05) is 0 Å². The zero-order valence-corrected chi connectivity index (χ0v) is 11.8. The van der Waals surface area contributed by atoms with E-state index in [0.29, 0.717) is 18.8 Å². The lowest BCUT2D eigenvalue weighted by molar-refractivity contribution is -0.271. The van der Waals surface area contributed by atoms with E-state index < -0.39 is 23.2 Å². The molecule has 0 aliphatic heterocycles. The topological polar surface area (TPSA) is 101 Å². The van der Waals surface area contributed by atoms with E-state index in [1.165, 1.54) is 0 Å². The van der Waals surface area contributed by atoms with Crippen molar-refractivity contribution in [3.05, 3.63) is 17.2 Å². The highest BCUT2D eigenvalue weighted by molar-refractivity contribution is 5.91. The molecule has 0 saturated carbocycles. The standard InChI is InChI=1S/C15H22O5/c1-3-5-9(4-2)6-7-10-11(15(19)20)8-12(16)14(18)13(10)17/h8-9,16-18H,3-7H2,1-2H3,(H,19,20)/p-1. The van der Waals surface area contributed by atoms with Gasteiger partial charge in [0.25, 0.3) is 0 Å². The Kier molecular flexibility index (Phi) is 5.67. The van der Waals surface area contributed by atoms with Crippen LogP contribution in [0.5, 0.6) is 17.2 Å². The van der Waals surface area contributed by atoms with Crippen LogP contribution in [0.4, 0.5) is 0 Å². The molecule has 0 aliphatic carbocycles. The molecule has 112 valence electrons. The molecular formula is C15H21O5-. The second kappa shape index (κ2) is 7.03. The number of rotatable bonds is 7. The van der Waals surface area contributed by atoms with Crippen LogP contribution in [0.25, 0.3) is 0 Å². The summed E-state index contributed by atoms with van der Waals surface area (Å²) in [5.41, 5.74) is -0.154. The largest absolute Gasteiger partial charge is 0.870 e. The monoisotopic (exact) mass is 281 g/mol. The van der Waals surface area contributed by atoms with Gasteiger partial charge in [-0.3, -0.25) is 0 Å². The fourth-order valence-corrected chi connectivity index (χ4v) is 2.42. The van der Waals surface area contributed by atoms with E-state index in [0.717, 1.165) is 25.3 Å². The normalized spacial score (nSPS) is 12.3. The molecule has 1 aromatic rings. The summed E-state index contributed by atoms with van der Waals surface area (Å²) in [7, 11) is 0. The highest BCUT2D eigenvalue weighted by atomic mass is 16.4. The third-order valence-corrected chi connectivity index (χ3v) is 3.65. The second-order valence-corrected chi connectivity index (χ2v) is 5.01. The first-order chi connectivity index (χ1) is 9.42. The third-order valence-electron chi connectivity index (χ3n) is 3.65. The second-order valence-electron chi connectivity index (χ2n) is 5.01. The van der Waals surface area contributed by atoms with Crippen molar-refractivity contribution in [2.24, 2.45) is 5.92 Å². The smallest absolute Gasteiger partial charge is 0.336 e. The predicted octanol–water partition coefficient (Wildman–Crippen LogP) is 2.63. The van der Waals surface area contributed by atoms with Crippen molar-refractivity contribution >= 4 is 5.97 Å². The molecule has 0 heterocycles. The van der Waals surface area contributed by atoms with Crippen molar-refractivity contribution in [1.29, 1.82) is 0 Å². The molecular weight excluding hydrogens is 260 g/mol. The summed E-state index contributed by atoms with van der Waals surface area (Å²) in [4.78, 5) is 11.1. The van der Waals surface area contributed by atoms with Gasteiger partial charge in [0.05, 0.1) is 5.56 Å². The Hall–Kier alpha value is -1.91. The highest BCUT2D eigenvalue weighted by Gasteiger charge is 2.17. The van der Waals surface area contributed by atoms with Gasteiger partial charge in [-0.15, -0.1) is 0 Å². The van der Waals surface area contributed by atoms with E-state index in [2.05, 4.69) is 13.8 Å². The van der Waals surface area contributed by atoms with E-state index in [4.69, 9.17) is 5.11 Å². The summed E-state index contributed by atoms with van der Waals surface area (Å²) in [6.07, 6.45) is 4.03. The number of phenolic OH excluding ortho intramolecular Hbond substituents is 2.